The van der Waals surface area contributed by atoms with E-state index >= 15 is 0 Å². The van der Waals surface area contributed by atoms with E-state index in [0.29, 0.717) is 30.9 Å². The molecule has 2 aromatic carbocycles. The fourth-order valence-corrected chi connectivity index (χ4v) is 4.38. The smallest absolute Gasteiger partial charge is 0.268 e. The number of hydrogen-bond donors (Lipinski definition) is 1. The first-order valence-corrected chi connectivity index (χ1v) is 13.2. The lowest BCUT2D eigenvalue weighted by Crippen LogP contribution is -2.13. The Morgan fingerprint density at radius 2 is 1.86 bits per heavy atom. The zero-order valence-electron chi connectivity index (χ0n) is 19.4. The molecule has 0 fully saturated rings. The molecule has 9 nitrogen and oxygen atoms in total. The molecule has 0 unspecified atom stereocenters. The molecule has 3 aromatic rings. The maximum atomic E-state index is 12.4. The lowest BCUT2D eigenvalue weighted by atomic mass is 10.1. The van der Waals surface area contributed by atoms with Crippen LogP contribution in [0.3, 0.4) is 0 Å². The third-order valence-electron chi connectivity index (χ3n) is 4.66. The van der Waals surface area contributed by atoms with Crippen molar-refractivity contribution in [3.05, 3.63) is 64.7 Å². The van der Waals surface area contributed by atoms with Gasteiger partial charge in [0.1, 0.15) is 23.1 Å². The molecule has 0 aliphatic rings. The number of carbonyl (C=O) groups excluding carboxylic acids is 1. The second-order valence-corrected chi connectivity index (χ2v) is 10.3. The summed E-state index contributed by atoms with van der Waals surface area (Å²) < 4.78 is 38.1. The molecule has 35 heavy (non-hydrogen) atoms. The average molecular weight is 513 g/mol. The molecule has 0 bridgehead atoms. The van der Waals surface area contributed by atoms with E-state index in [4.69, 9.17) is 9.47 Å². The van der Waals surface area contributed by atoms with Crippen molar-refractivity contribution in [2.75, 3.05) is 24.8 Å². The van der Waals surface area contributed by atoms with Crippen LogP contribution < -0.4 is 14.8 Å². The molecular weight excluding hydrogens is 488 g/mol. The summed E-state index contributed by atoms with van der Waals surface area (Å²) in [6.45, 7) is 5.07. The molecule has 0 saturated carbocycles. The molecule has 1 amide bonds. The molecule has 0 aliphatic heterocycles. The first-order valence-electron chi connectivity index (χ1n) is 10.6. The van der Waals surface area contributed by atoms with E-state index in [2.05, 4.69) is 20.7 Å². The third-order valence-corrected chi connectivity index (χ3v) is 6.25. The van der Waals surface area contributed by atoms with Crippen LogP contribution in [0.2, 0.25) is 0 Å². The summed E-state index contributed by atoms with van der Waals surface area (Å²) in [4.78, 5) is 16.1. The molecule has 1 heterocycles. The van der Waals surface area contributed by atoms with E-state index in [9.17, 15) is 18.5 Å². The summed E-state index contributed by atoms with van der Waals surface area (Å²) in [5.41, 5.74) is 2.75. The minimum absolute atomic E-state index is 0.0122. The van der Waals surface area contributed by atoms with Crippen molar-refractivity contribution < 1.29 is 22.7 Å². The van der Waals surface area contributed by atoms with Crippen molar-refractivity contribution >= 4 is 38.5 Å². The van der Waals surface area contributed by atoms with Crippen molar-refractivity contribution in [1.29, 1.82) is 5.26 Å². The Labute approximate surface area is 208 Å². The van der Waals surface area contributed by atoms with Crippen molar-refractivity contribution in [2.24, 2.45) is 0 Å². The number of aromatic nitrogens is 2. The molecular formula is C24H24N4O5S2. The van der Waals surface area contributed by atoms with Gasteiger partial charge in [-0.15, -0.1) is 0 Å². The number of aryl methyl sites for hydroxylation is 2. The van der Waals surface area contributed by atoms with Gasteiger partial charge >= 0.3 is 0 Å². The molecule has 3 rings (SSSR count). The SMILES string of the molecule is Cc1ccc(OCCCOc2ccc(C=C(C#N)C(=O)Nc3nc(S(C)(=O)=O)ns3)cc2)c(C)c1. The van der Waals surface area contributed by atoms with Crippen LogP contribution in [0.25, 0.3) is 6.08 Å². The number of benzene rings is 2. The van der Waals surface area contributed by atoms with E-state index in [-0.39, 0.29) is 15.9 Å². The fraction of sp³-hybridized carbons (Fsp3) is 0.250. The number of nitrogens with zero attached hydrogens (tertiary/aromatic N) is 3. The summed E-state index contributed by atoms with van der Waals surface area (Å²) in [7, 11) is -3.58. The van der Waals surface area contributed by atoms with Crippen LogP contribution in [0.15, 0.2) is 53.2 Å². The summed E-state index contributed by atoms with van der Waals surface area (Å²) in [5.74, 6) is 0.803. The predicted molar refractivity (Wildman–Crippen MR) is 133 cm³/mol. The van der Waals surface area contributed by atoms with Gasteiger partial charge in [-0.1, -0.05) is 29.8 Å². The van der Waals surface area contributed by atoms with Crippen LogP contribution >= 0.6 is 11.5 Å². The molecule has 0 aliphatic carbocycles. The van der Waals surface area contributed by atoms with E-state index in [1.807, 2.05) is 32.0 Å². The minimum Gasteiger partial charge on any atom is -0.493 e. The number of nitriles is 1. The standard InChI is InChI=1S/C24H24N4O5S2/c1-16-5-10-21(17(2)13-16)33-12-4-11-32-20-8-6-18(7-9-20)14-19(15-25)22(29)26-23-27-24(28-34-23)35(3,30)31/h5-10,13-14H,4,11-12H2,1-3H3,(H,26,27,28,29). The number of carbonyl (C=O) groups is 1. The predicted octanol–water partition coefficient (Wildman–Crippen LogP) is 3.95. The van der Waals surface area contributed by atoms with Crippen LogP contribution in [-0.4, -0.2) is 43.2 Å². The van der Waals surface area contributed by atoms with Gasteiger partial charge in [0.25, 0.3) is 11.1 Å². The minimum atomic E-state index is -3.58. The van der Waals surface area contributed by atoms with Gasteiger partial charge in [-0.05, 0) is 49.2 Å². The first kappa shape index (κ1) is 25.9. The molecule has 182 valence electrons. The van der Waals surface area contributed by atoms with E-state index in [0.717, 1.165) is 29.1 Å². The Balaban J connectivity index is 1.50. The van der Waals surface area contributed by atoms with Crippen LogP contribution in [0.4, 0.5) is 5.13 Å². The van der Waals surface area contributed by atoms with E-state index in [1.165, 1.54) is 11.6 Å². The fourth-order valence-electron chi connectivity index (χ4n) is 2.94. The Bertz CT molecular complexity index is 1370. The number of hydrogen-bond acceptors (Lipinski definition) is 9. The van der Waals surface area contributed by atoms with Gasteiger partial charge in [-0.3, -0.25) is 10.1 Å². The maximum absolute atomic E-state index is 12.4. The van der Waals surface area contributed by atoms with Crippen LogP contribution in [0.5, 0.6) is 11.5 Å². The number of anilines is 1. The van der Waals surface area contributed by atoms with Crippen molar-refractivity contribution in [3.8, 4) is 17.6 Å². The monoisotopic (exact) mass is 512 g/mol. The highest BCUT2D eigenvalue weighted by Crippen LogP contribution is 2.20. The zero-order valence-corrected chi connectivity index (χ0v) is 21.1. The second kappa shape index (κ2) is 11.6. The Kier molecular flexibility index (Phi) is 8.57. The third kappa shape index (κ3) is 7.63. The van der Waals surface area contributed by atoms with Crippen molar-refractivity contribution in [1.82, 2.24) is 9.36 Å². The normalized spacial score (nSPS) is 11.5. The highest BCUT2D eigenvalue weighted by molar-refractivity contribution is 7.90. The summed E-state index contributed by atoms with van der Waals surface area (Å²) >= 11 is 0.717. The van der Waals surface area contributed by atoms with Crippen molar-refractivity contribution in [2.45, 2.75) is 25.4 Å². The van der Waals surface area contributed by atoms with E-state index in [1.54, 1.807) is 24.3 Å². The Morgan fingerprint density at radius 3 is 2.49 bits per heavy atom. The lowest BCUT2D eigenvalue weighted by molar-refractivity contribution is -0.112. The van der Waals surface area contributed by atoms with Gasteiger partial charge in [-0.2, -0.15) is 14.6 Å². The van der Waals surface area contributed by atoms with Gasteiger partial charge in [0.2, 0.25) is 15.0 Å². The van der Waals surface area contributed by atoms with Gasteiger partial charge < -0.3 is 9.47 Å². The number of ether oxygens (including phenoxy) is 2. The second-order valence-electron chi connectivity index (χ2n) is 7.67. The van der Waals surface area contributed by atoms with Gasteiger partial charge in [0.05, 0.1) is 13.2 Å². The molecule has 0 radical (unpaired) electrons. The maximum Gasteiger partial charge on any atom is 0.268 e. The molecule has 0 spiro atoms. The first-order chi connectivity index (χ1) is 16.7. The van der Waals surface area contributed by atoms with Gasteiger partial charge in [0, 0.05) is 24.2 Å². The summed E-state index contributed by atoms with van der Waals surface area (Å²) in [6, 6.07) is 14.8. The van der Waals surface area contributed by atoms with Gasteiger partial charge in [-0.25, -0.2) is 8.42 Å². The largest absolute Gasteiger partial charge is 0.493 e. The van der Waals surface area contributed by atoms with Crippen LogP contribution in [0.1, 0.15) is 23.1 Å². The average Bonchev–Trinajstić information content (AvgIpc) is 3.28. The molecule has 0 saturated heterocycles. The van der Waals surface area contributed by atoms with E-state index < -0.39 is 15.7 Å². The Morgan fingerprint density at radius 1 is 1.14 bits per heavy atom. The van der Waals surface area contributed by atoms with Gasteiger partial charge in [0.15, 0.2) is 0 Å². The molecule has 1 aromatic heterocycles. The summed E-state index contributed by atoms with van der Waals surface area (Å²) in [5, 5.41) is 11.4. The zero-order chi connectivity index (χ0) is 25.4. The van der Waals surface area contributed by atoms with Crippen LogP contribution in [0, 0.1) is 25.2 Å². The number of rotatable bonds is 10. The van der Waals surface area contributed by atoms with Crippen LogP contribution in [-0.2, 0) is 14.6 Å². The quantitative estimate of drug-likeness (QED) is 0.245. The highest BCUT2D eigenvalue weighted by atomic mass is 32.2. The Hall–Kier alpha value is -3.75. The molecule has 0 atom stereocenters. The topological polar surface area (TPSA) is 131 Å². The number of sulfone groups is 1. The highest BCUT2D eigenvalue weighted by Gasteiger charge is 2.17. The van der Waals surface area contributed by atoms with Crippen molar-refractivity contribution in [3.63, 3.8) is 0 Å². The molecule has 1 N–H and O–H groups in total. The number of amides is 1. The molecule has 11 heteroatoms. The number of nitrogens with one attached hydrogen (secondary N) is 1. The summed E-state index contributed by atoms with van der Waals surface area (Å²) in [6.07, 6.45) is 3.09. The lowest BCUT2D eigenvalue weighted by Gasteiger charge is -2.10.